The fourth-order valence-electron chi connectivity index (χ4n) is 4.87. The van der Waals surface area contributed by atoms with Crippen molar-refractivity contribution in [3.05, 3.63) is 34.9 Å². The summed E-state index contributed by atoms with van der Waals surface area (Å²) < 4.78 is 0. The Labute approximate surface area is 188 Å². The van der Waals surface area contributed by atoms with Crippen LogP contribution < -0.4 is 5.32 Å². The van der Waals surface area contributed by atoms with Gasteiger partial charge in [0.2, 0.25) is 11.8 Å². The third-order valence-electron chi connectivity index (χ3n) is 6.82. The van der Waals surface area contributed by atoms with Gasteiger partial charge in [-0.25, -0.2) is 0 Å². The zero-order valence-electron chi connectivity index (χ0n) is 20.0. The van der Waals surface area contributed by atoms with Crippen molar-refractivity contribution in [3.8, 4) is 0 Å². The normalized spacial score (nSPS) is 24.1. The number of aryl methyl sites for hydroxylation is 2. The van der Waals surface area contributed by atoms with Gasteiger partial charge in [-0.2, -0.15) is 0 Å². The number of likely N-dealkylation sites (tertiary alicyclic amines) is 1. The van der Waals surface area contributed by atoms with Crippen LogP contribution in [-0.4, -0.2) is 78.9 Å². The highest BCUT2D eigenvalue weighted by Gasteiger charge is 2.28. The van der Waals surface area contributed by atoms with Gasteiger partial charge in [0.15, 0.2) is 0 Å². The quantitative estimate of drug-likeness (QED) is 0.757. The summed E-state index contributed by atoms with van der Waals surface area (Å²) >= 11 is 0. The Balaban J connectivity index is 1.39. The molecule has 3 rings (SSSR count). The van der Waals surface area contributed by atoms with Crippen LogP contribution in [0.2, 0.25) is 0 Å². The van der Waals surface area contributed by atoms with Gasteiger partial charge in [-0.3, -0.25) is 19.4 Å². The molecule has 1 N–H and O–H groups in total. The Morgan fingerprint density at radius 2 is 1.55 bits per heavy atom. The summed E-state index contributed by atoms with van der Waals surface area (Å²) in [7, 11) is 0. The first kappa shape index (κ1) is 23.7. The van der Waals surface area contributed by atoms with Crippen LogP contribution in [0.5, 0.6) is 0 Å². The SMILES string of the molecule is Cc1ccc([C@@H](C)NC(=O)CN2CCN(CC(=O)N3C[C@H](C)C[C@H](C)C3)CC2)cc1C. The van der Waals surface area contributed by atoms with Crippen molar-refractivity contribution in [1.82, 2.24) is 20.0 Å². The molecule has 0 saturated carbocycles. The first-order valence-corrected chi connectivity index (χ1v) is 11.8. The van der Waals surface area contributed by atoms with Gasteiger partial charge in [-0.1, -0.05) is 32.0 Å². The maximum Gasteiger partial charge on any atom is 0.236 e. The smallest absolute Gasteiger partial charge is 0.236 e. The van der Waals surface area contributed by atoms with Crippen molar-refractivity contribution in [2.75, 3.05) is 52.4 Å². The topological polar surface area (TPSA) is 55.9 Å². The summed E-state index contributed by atoms with van der Waals surface area (Å²) in [6.07, 6.45) is 1.21. The summed E-state index contributed by atoms with van der Waals surface area (Å²) in [5, 5.41) is 3.13. The lowest BCUT2D eigenvalue weighted by molar-refractivity contribution is -0.135. The molecule has 0 radical (unpaired) electrons. The van der Waals surface area contributed by atoms with E-state index in [-0.39, 0.29) is 17.9 Å². The van der Waals surface area contributed by atoms with Crippen LogP contribution in [0.25, 0.3) is 0 Å². The predicted octanol–water partition coefficient (Wildman–Crippen LogP) is 2.60. The van der Waals surface area contributed by atoms with Crippen LogP contribution in [0.4, 0.5) is 0 Å². The number of hydrogen-bond donors (Lipinski definition) is 1. The van der Waals surface area contributed by atoms with Crippen molar-refractivity contribution in [2.24, 2.45) is 11.8 Å². The molecular formula is C25H40N4O2. The van der Waals surface area contributed by atoms with Crippen LogP contribution in [-0.2, 0) is 9.59 Å². The molecule has 0 spiro atoms. The number of amides is 2. The molecule has 2 amide bonds. The number of carbonyl (C=O) groups excluding carboxylic acids is 2. The molecule has 2 aliphatic heterocycles. The summed E-state index contributed by atoms with van der Waals surface area (Å²) in [5.41, 5.74) is 3.65. The van der Waals surface area contributed by atoms with E-state index in [0.29, 0.717) is 24.9 Å². The Morgan fingerprint density at radius 3 is 2.13 bits per heavy atom. The molecule has 2 aliphatic rings. The van der Waals surface area contributed by atoms with E-state index in [1.165, 1.54) is 17.5 Å². The fourth-order valence-corrected chi connectivity index (χ4v) is 4.87. The largest absolute Gasteiger partial charge is 0.348 e. The van der Waals surface area contributed by atoms with Gasteiger partial charge < -0.3 is 10.2 Å². The standard InChI is InChI=1S/C25H40N4O2/c1-18-12-19(2)15-29(14-18)25(31)17-28-10-8-27(9-11-28)16-24(30)26-22(5)23-7-6-20(3)21(4)13-23/h6-7,13,18-19,22H,8-12,14-17H2,1-5H3,(H,26,30)/t18-,19+,22-/m1/s1. The number of rotatable bonds is 6. The number of carbonyl (C=O) groups is 2. The molecule has 0 bridgehead atoms. The Morgan fingerprint density at radius 1 is 0.968 bits per heavy atom. The molecule has 3 atom stereocenters. The highest BCUT2D eigenvalue weighted by atomic mass is 16.2. The number of piperazine rings is 1. The highest BCUT2D eigenvalue weighted by Crippen LogP contribution is 2.21. The van der Waals surface area contributed by atoms with E-state index in [2.05, 4.69) is 61.0 Å². The van der Waals surface area contributed by atoms with E-state index < -0.39 is 0 Å². The van der Waals surface area contributed by atoms with Crippen molar-refractivity contribution in [3.63, 3.8) is 0 Å². The molecule has 1 aromatic carbocycles. The average molecular weight is 429 g/mol. The Kier molecular flexibility index (Phi) is 8.11. The number of piperidine rings is 1. The van der Waals surface area contributed by atoms with E-state index in [9.17, 15) is 9.59 Å². The van der Waals surface area contributed by atoms with Crippen LogP contribution in [0.1, 0.15) is 49.9 Å². The van der Waals surface area contributed by atoms with Gasteiger partial charge >= 0.3 is 0 Å². The lowest BCUT2D eigenvalue weighted by atomic mass is 9.92. The molecule has 6 nitrogen and oxygen atoms in total. The van der Waals surface area contributed by atoms with Crippen molar-refractivity contribution < 1.29 is 9.59 Å². The highest BCUT2D eigenvalue weighted by molar-refractivity contribution is 5.79. The molecule has 31 heavy (non-hydrogen) atoms. The molecular weight excluding hydrogens is 388 g/mol. The third kappa shape index (κ3) is 6.78. The first-order chi connectivity index (χ1) is 14.7. The van der Waals surface area contributed by atoms with Crippen LogP contribution in [0.15, 0.2) is 18.2 Å². The Bertz CT molecular complexity index is 763. The fraction of sp³-hybridized carbons (Fsp3) is 0.680. The van der Waals surface area contributed by atoms with Crippen LogP contribution >= 0.6 is 0 Å². The van der Waals surface area contributed by atoms with Gasteiger partial charge in [-0.05, 0) is 55.7 Å². The number of hydrogen-bond acceptors (Lipinski definition) is 4. The minimum absolute atomic E-state index is 0.0000339. The van der Waals surface area contributed by atoms with Gasteiger partial charge in [0.25, 0.3) is 0 Å². The molecule has 1 aromatic rings. The lowest BCUT2D eigenvalue weighted by Gasteiger charge is -2.38. The minimum atomic E-state index is 0.0000339. The molecule has 2 saturated heterocycles. The van der Waals surface area contributed by atoms with E-state index in [4.69, 9.17) is 0 Å². The number of benzene rings is 1. The molecule has 2 heterocycles. The molecule has 6 heteroatoms. The van der Waals surface area contributed by atoms with E-state index in [1.807, 2.05) is 11.8 Å². The summed E-state index contributed by atoms with van der Waals surface area (Å²) in [4.78, 5) is 31.7. The Hall–Kier alpha value is -1.92. The predicted molar refractivity (Wildman–Crippen MR) is 125 cm³/mol. The summed E-state index contributed by atoms with van der Waals surface area (Å²) in [6.45, 7) is 16.7. The van der Waals surface area contributed by atoms with Gasteiger partial charge in [0.1, 0.15) is 0 Å². The van der Waals surface area contributed by atoms with E-state index in [1.54, 1.807) is 0 Å². The average Bonchev–Trinajstić information content (AvgIpc) is 2.70. The van der Waals surface area contributed by atoms with Crippen molar-refractivity contribution in [1.29, 1.82) is 0 Å². The van der Waals surface area contributed by atoms with Crippen molar-refractivity contribution >= 4 is 11.8 Å². The number of nitrogens with zero attached hydrogens (tertiary/aromatic N) is 3. The van der Waals surface area contributed by atoms with Crippen LogP contribution in [0, 0.1) is 25.7 Å². The summed E-state index contributed by atoms with van der Waals surface area (Å²) in [6, 6.07) is 6.35. The lowest BCUT2D eigenvalue weighted by Crippen LogP contribution is -2.53. The van der Waals surface area contributed by atoms with Gasteiger partial charge in [0, 0.05) is 39.3 Å². The second-order valence-electron chi connectivity index (χ2n) is 9.93. The monoisotopic (exact) mass is 428 g/mol. The van der Waals surface area contributed by atoms with E-state index >= 15 is 0 Å². The number of nitrogens with one attached hydrogen (secondary N) is 1. The van der Waals surface area contributed by atoms with Gasteiger partial charge in [0.05, 0.1) is 19.1 Å². The molecule has 0 aliphatic carbocycles. The molecule has 2 fully saturated rings. The zero-order valence-corrected chi connectivity index (χ0v) is 20.0. The van der Waals surface area contributed by atoms with Crippen LogP contribution in [0.3, 0.4) is 0 Å². The first-order valence-electron chi connectivity index (χ1n) is 11.8. The maximum atomic E-state index is 12.7. The second-order valence-corrected chi connectivity index (χ2v) is 9.93. The molecule has 172 valence electrons. The van der Waals surface area contributed by atoms with E-state index in [0.717, 1.165) is 44.8 Å². The molecule has 0 aromatic heterocycles. The van der Waals surface area contributed by atoms with Crippen molar-refractivity contribution in [2.45, 2.75) is 47.1 Å². The molecule has 0 unspecified atom stereocenters. The summed E-state index contributed by atoms with van der Waals surface area (Å²) in [5.74, 6) is 1.50. The zero-order chi connectivity index (χ0) is 22.5. The third-order valence-corrected chi connectivity index (χ3v) is 6.82. The minimum Gasteiger partial charge on any atom is -0.348 e. The van der Waals surface area contributed by atoms with Gasteiger partial charge in [-0.15, -0.1) is 0 Å². The maximum absolute atomic E-state index is 12.7. The second kappa shape index (κ2) is 10.6.